The third-order valence-electron chi connectivity index (χ3n) is 6.01. The van der Waals surface area contributed by atoms with Gasteiger partial charge in [0.15, 0.2) is 5.43 Å². The number of hydrogen-bond donors (Lipinski definition) is 3. The van der Waals surface area contributed by atoms with Crippen LogP contribution in [-0.4, -0.2) is 22.1 Å². The third kappa shape index (κ3) is 2.83. The molecule has 30 heavy (non-hydrogen) atoms. The molecule has 2 atom stereocenters. The van der Waals surface area contributed by atoms with Crippen molar-refractivity contribution in [2.24, 2.45) is 0 Å². The highest BCUT2D eigenvalue weighted by Gasteiger charge is 2.35. The highest BCUT2D eigenvalue weighted by atomic mass is 16.4. The molecule has 0 radical (unpaired) electrons. The Morgan fingerprint density at radius 3 is 2.73 bits per heavy atom. The van der Waals surface area contributed by atoms with E-state index in [4.69, 9.17) is 4.42 Å². The molecule has 3 heterocycles. The molecule has 3 N–H and O–H groups in total. The van der Waals surface area contributed by atoms with Crippen molar-refractivity contribution in [3.05, 3.63) is 81.3 Å². The predicted molar refractivity (Wildman–Crippen MR) is 115 cm³/mol. The molecule has 0 bridgehead atoms. The number of aromatic nitrogens is 1. The van der Waals surface area contributed by atoms with E-state index in [1.165, 1.54) is 6.26 Å². The molecular formula is C24H22N2O4. The van der Waals surface area contributed by atoms with E-state index in [9.17, 15) is 14.7 Å². The molecule has 2 aromatic carbocycles. The maximum atomic E-state index is 13.3. The largest absolute Gasteiger partial charge is 0.480 e. The van der Waals surface area contributed by atoms with Gasteiger partial charge in [-0.25, -0.2) is 0 Å². The van der Waals surface area contributed by atoms with Crippen LogP contribution in [0.25, 0.3) is 21.9 Å². The SMILES string of the molecule is CC(C)c1ccc2c(=O)c(C3N[C@H](C(=O)O)Cc4c3[nH]c3ccccc43)coc2c1. The van der Waals surface area contributed by atoms with Crippen LogP contribution in [-0.2, 0) is 11.2 Å². The van der Waals surface area contributed by atoms with E-state index in [-0.39, 0.29) is 5.43 Å². The second-order valence-electron chi connectivity index (χ2n) is 8.19. The molecule has 0 aliphatic carbocycles. The number of carboxylic acids is 1. The summed E-state index contributed by atoms with van der Waals surface area (Å²) in [5.74, 6) is -0.618. The van der Waals surface area contributed by atoms with E-state index in [1.807, 2.05) is 36.4 Å². The van der Waals surface area contributed by atoms with Crippen LogP contribution in [0.4, 0.5) is 0 Å². The molecule has 2 aromatic heterocycles. The third-order valence-corrected chi connectivity index (χ3v) is 6.01. The fourth-order valence-corrected chi connectivity index (χ4v) is 4.36. The number of carboxylic acid groups (broad SMARTS) is 1. The van der Waals surface area contributed by atoms with Crippen LogP contribution in [0.15, 0.2) is 57.9 Å². The lowest BCUT2D eigenvalue weighted by Crippen LogP contribution is -2.46. The van der Waals surface area contributed by atoms with E-state index in [1.54, 1.807) is 6.07 Å². The number of nitrogens with one attached hydrogen (secondary N) is 2. The van der Waals surface area contributed by atoms with Gasteiger partial charge in [-0.1, -0.05) is 38.1 Å². The lowest BCUT2D eigenvalue weighted by molar-refractivity contribution is -0.139. The molecule has 1 aliphatic heterocycles. The van der Waals surface area contributed by atoms with Gasteiger partial charge in [0.05, 0.1) is 17.0 Å². The fourth-order valence-electron chi connectivity index (χ4n) is 4.36. The Bertz CT molecular complexity index is 1350. The number of benzene rings is 2. The molecule has 0 saturated carbocycles. The molecule has 6 nitrogen and oxygen atoms in total. The summed E-state index contributed by atoms with van der Waals surface area (Å²) in [4.78, 5) is 28.6. The molecule has 0 fully saturated rings. The van der Waals surface area contributed by atoms with E-state index >= 15 is 0 Å². The maximum Gasteiger partial charge on any atom is 0.321 e. The van der Waals surface area contributed by atoms with Gasteiger partial charge in [0, 0.05) is 23.0 Å². The van der Waals surface area contributed by atoms with Crippen LogP contribution in [0.2, 0.25) is 0 Å². The number of carbonyl (C=O) groups is 1. The van der Waals surface area contributed by atoms with Crippen molar-refractivity contribution in [1.82, 2.24) is 10.3 Å². The summed E-state index contributed by atoms with van der Waals surface area (Å²) in [6, 6.07) is 12.0. The van der Waals surface area contributed by atoms with Gasteiger partial charge in [-0.3, -0.25) is 14.9 Å². The van der Waals surface area contributed by atoms with Gasteiger partial charge in [-0.15, -0.1) is 0 Å². The Balaban J connectivity index is 1.70. The van der Waals surface area contributed by atoms with E-state index in [0.717, 1.165) is 27.7 Å². The Kier molecular flexibility index (Phi) is 4.25. The highest BCUT2D eigenvalue weighted by molar-refractivity contribution is 5.87. The van der Waals surface area contributed by atoms with Crippen molar-refractivity contribution < 1.29 is 14.3 Å². The van der Waals surface area contributed by atoms with E-state index < -0.39 is 18.1 Å². The number of fused-ring (bicyclic) bond motifs is 4. The molecule has 1 unspecified atom stereocenters. The Morgan fingerprint density at radius 1 is 1.17 bits per heavy atom. The smallest absolute Gasteiger partial charge is 0.321 e. The average molecular weight is 402 g/mol. The number of aromatic amines is 1. The summed E-state index contributed by atoms with van der Waals surface area (Å²) >= 11 is 0. The summed E-state index contributed by atoms with van der Waals surface area (Å²) in [7, 11) is 0. The van der Waals surface area contributed by atoms with Crippen molar-refractivity contribution in [2.45, 2.75) is 38.3 Å². The first kappa shape index (κ1) is 18.6. The fraction of sp³-hybridized carbons (Fsp3) is 0.250. The lowest BCUT2D eigenvalue weighted by Gasteiger charge is -2.29. The molecule has 152 valence electrons. The van der Waals surface area contributed by atoms with Crippen molar-refractivity contribution in [2.75, 3.05) is 0 Å². The molecule has 0 amide bonds. The number of rotatable bonds is 3. The van der Waals surface area contributed by atoms with Gasteiger partial charge in [0.1, 0.15) is 17.9 Å². The van der Waals surface area contributed by atoms with Crippen LogP contribution in [0, 0.1) is 0 Å². The van der Waals surface area contributed by atoms with Crippen molar-refractivity contribution in [3.8, 4) is 0 Å². The second kappa shape index (κ2) is 6.85. The minimum atomic E-state index is -0.942. The number of hydrogen-bond acceptors (Lipinski definition) is 4. The van der Waals surface area contributed by atoms with Gasteiger partial charge in [0.2, 0.25) is 0 Å². The zero-order valence-electron chi connectivity index (χ0n) is 16.7. The van der Waals surface area contributed by atoms with Crippen LogP contribution in [0.5, 0.6) is 0 Å². The topological polar surface area (TPSA) is 95.3 Å². The molecule has 0 saturated heterocycles. The van der Waals surface area contributed by atoms with Crippen LogP contribution < -0.4 is 10.7 Å². The second-order valence-corrected chi connectivity index (χ2v) is 8.19. The first-order chi connectivity index (χ1) is 14.4. The number of para-hydroxylation sites is 1. The molecule has 1 aliphatic rings. The van der Waals surface area contributed by atoms with E-state index in [0.29, 0.717) is 28.9 Å². The standard InChI is InChI=1S/C24H22N2O4/c1-12(2)13-7-8-15-20(9-13)30-11-17(23(15)27)22-21-16(10-19(26-22)24(28)29)14-5-3-4-6-18(14)25-21/h3-9,11-12,19,22,25-26H,10H2,1-2H3,(H,28,29)/t19-,22?/m0/s1. The Morgan fingerprint density at radius 2 is 1.97 bits per heavy atom. The van der Waals surface area contributed by atoms with Gasteiger partial charge < -0.3 is 14.5 Å². The monoisotopic (exact) mass is 402 g/mol. The summed E-state index contributed by atoms with van der Waals surface area (Å²) in [5, 5.41) is 14.3. The summed E-state index contributed by atoms with van der Waals surface area (Å²) in [6.45, 7) is 4.17. The van der Waals surface area contributed by atoms with Gasteiger partial charge >= 0.3 is 5.97 Å². The summed E-state index contributed by atoms with van der Waals surface area (Å²) < 4.78 is 5.85. The molecule has 6 heteroatoms. The van der Waals surface area contributed by atoms with Crippen molar-refractivity contribution in [1.29, 1.82) is 0 Å². The highest BCUT2D eigenvalue weighted by Crippen LogP contribution is 2.35. The lowest BCUT2D eigenvalue weighted by atomic mass is 9.90. The quantitative estimate of drug-likeness (QED) is 0.480. The minimum Gasteiger partial charge on any atom is -0.480 e. The minimum absolute atomic E-state index is 0.153. The Labute approximate surface area is 172 Å². The normalized spacial score (nSPS) is 18.8. The first-order valence-corrected chi connectivity index (χ1v) is 10.1. The van der Waals surface area contributed by atoms with Crippen LogP contribution >= 0.6 is 0 Å². The summed E-state index contributed by atoms with van der Waals surface area (Å²) in [5.41, 5.74) is 4.55. The van der Waals surface area contributed by atoms with Gasteiger partial charge in [0.25, 0.3) is 0 Å². The van der Waals surface area contributed by atoms with Crippen LogP contribution in [0.1, 0.15) is 48.2 Å². The van der Waals surface area contributed by atoms with Crippen molar-refractivity contribution in [3.63, 3.8) is 0 Å². The van der Waals surface area contributed by atoms with Gasteiger partial charge in [-0.2, -0.15) is 0 Å². The molecule has 0 spiro atoms. The first-order valence-electron chi connectivity index (χ1n) is 10.1. The van der Waals surface area contributed by atoms with Crippen molar-refractivity contribution >= 4 is 27.8 Å². The summed E-state index contributed by atoms with van der Waals surface area (Å²) in [6.07, 6.45) is 1.81. The zero-order valence-corrected chi connectivity index (χ0v) is 16.7. The van der Waals surface area contributed by atoms with E-state index in [2.05, 4.69) is 24.1 Å². The molecule has 5 rings (SSSR count). The average Bonchev–Trinajstić information content (AvgIpc) is 3.12. The number of aliphatic carboxylic acids is 1. The molecular weight excluding hydrogens is 380 g/mol. The number of H-pyrrole nitrogens is 1. The van der Waals surface area contributed by atoms with Gasteiger partial charge in [-0.05, 0) is 35.2 Å². The predicted octanol–water partition coefficient (Wildman–Crippen LogP) is 4.09. The van der Waals surface area contributed by atoms with Crippen LogP contribution in [0.3, 0.4) is 0 Å². The maximum absolute atomic E-state index is 13.3. The Hall–Kier alpha value is -3.38. The molecule has 4 aromatic rings. The zero-order chi connectivity index (χ0) is 21.0.